The van der Waals surface area contributed by atoms with E-state index >= 15 is 0 Å². The number of phenols is 1. The second kappa shape index (κ2) is 8.99. The average molecular weight is 402 g/mol. The van der Waals surface area contributed by atoms with Crippen molar-refractivity contribution in [1.29, 1.82) is 0 Å². The van der Waals surface area contributed by atoms with Gasteiger partial charge in [0.05, 0.1) is 0 Å². The van der Waals surface area contributed by atoms with Crippen LogP contribution in [0.2, 0.25) is 0 Å². The van der Waals surface area contributed by atoms with Crippen LogP contribution >= 0.6 is 0 Å². The molecule has 1 heterocycles. The van der Waals surface area contributed by atoms with Crippen LogP contribution in [0.5, 0.6) is 5.75 Å². The standard InChI is InChI=1S/C25H27N3O2/c1-17-16-20(14-15-26-17)18-6-10-21(11-7-18)27-25(30)28-22-12-8-19(9-13-22)23-4-2-3-5-24(23)29/h2-7,10-11,14-16,19,22,29H,8-9,12-13H2,1H3,(H2,27,28,30). The number of carbonyl (C=O) groups excluding carboxylic acids is 1. The number of benzene rings is 2. The lowest BCUT2D eigenvalue weighted by Crippen LogP contribution is -2.39. The summed E-state index contributed by atoms with van der Waals surface area (Å²) < 4.78 is 0. The smallest absolute Gasteiger partial charge is 0.319 e. The number of rotatable bonds is 4. The number of urea groups is 1. The van der Waals surface area contributed by atoms with Crippen LogP contribution in [0.3, 0.4) is 0 Å². The quantitative estimate of drug-likeness (QED) is 0.532. The molecule has 0 unspecified atom stereocenters. The Hall–Kier alpha value is -3.34. The molecule has 0 atom stereocenters. The van der Waals surface area contributed by atoms with Gasteiger partial charge in [-0.1, -0.05) is 30.3 Å². The number of hydrogen-bond donors (Lipinski definition) is 3. The maximum absolute atomic E-state index is 12.4. The van der Waals surface area contributed by atoms with E-state index in [2.05, 4.69) is 15.6 Å². The molecule has 5 heteroatoms. The highest BCUT2D eigenvalue weighted by molar-refractivity contribution is 5.89. The predicted molar refractivity (Wildman–Crippen MR) is 120 cm³/mol. The van der Waals surface area contributed by atoms with Crippen LogP contribution in [-0.4, -0.2) is 22.2 Å². The molecule has 3 N–H and O–H groups in total. The van der Waals surface area contributed by atoms with Gasteiger partial charge in [-0.3, -0.25) is 4.98 Å². The van der Waals surface area contributed by atoms with Gasteiger partial charge in [0.25, 0.3) is 0 Å². The topological polar surface area (TPSA) is 74.2 Å². The van der Waals surface area contributed by atoms with Crippen molar-refractivity contribution in [2.45, 2.75) is 44.6 Å². The fraction of sp³-hybridized carbons (Fsp3) is 0.280. The zero-order valence-electron chi connectivity index (χ0n) is 17.1. The summed E-state index contributed by atoms with van der Waals surface area (Å²) in [5.74, 6) is 0.730. The first-order chi connectivity index (χ1) is 14.6. The molecule has 3 aromatic rings. The average Bonchev–Trinajstić information content (AvgIpc) is 2.75. The van der Waals surface area contributed by atoms with Crippen LogP contribution in [0, 0.1) is 6.92 Å². The van der Waals surface area contributed by atoms with Crippen LogP contribution in [-0.2, 0) is 0 Å². The SMILES string of the molecule is Cc1cc(-c2ccc(NC(=O)NC3CCC(c4ccccc4O)CC3)cc2)ccn1. The van der Waals surface area contributed by atoms with Gasteiger partial charge in [-0.15, -0.1) is 0 Å². The third-order valence-corrected chi connectivity index (χ3v) is 5.81. The van der Waals surface area contributed by atoms with E-state index in [4.69, 9.17) is 0 Å². The fourth-order valence-corrected chi connectivity index (χ4v) is 4.21. The zero-order chi connectivity index (χ0) is 20.9. The summed E-state index contributed by atoms with van der Waals surface area (Å²) in [6.07, 6.45) is 5.54. The molecule has 4 rings (SSSR count). The minimum Gasteiger partial charge on any atom is -0.508 e. The summed E-state index contributed by atoms with van der Waals surface area (Å²) in [6, 6.07) is 19.4. The molecular weight excluding hydrogens is 374 g/mol. The van der Waals surface area contributed by atoms with Crippen molar-refractivity contribution in [2.24, 2.45) is 0 Å². The number of pyridine rings is 1. The van der Waals surface area contributed by atoms with Gasteiger partial charge in [0.2, 0.25) is 0 Å². The number of aromatic hydroxyl groups is 1. The van der Waals surface area contributed by atoms with Gasteiger partial charge in [0.15, 0.2) is 0 Å². The minimum atomic E-state index is -0.173. The van der Waals surface area contributed by atoms with Gasteiger partial charge in [0.1, 0.15) is 5.75 Å². The van der Waals surface area contributed by atoms with Crippen LogP contribution in [0.1, 0.15) is 42.9 Å². The van der Waals surface area contributed by atoms with E-state index < -0.39 is 0 Å². The largest absolute Gasteiger partial charge is 0.508 e. The lowest BCUT2D eigenvalue weighted by molar-refractivity contribution is 0.242. The maximum atomic E-state index is 12.4. The van der Waals surface area contributed by atoms with Crippen molar-refractivity contribution >= 4 is 11.7 Å². The van der Waals surface area contributed by atoms with Crippen LogP contribution in [0.4, 0.5) is 10.5 Å². The van der Waals surface area contributed by atoms with Crippen molar-refractivity contribution in [1.82, 2.24) is 10.3 Å². The Morgan fingerprint density at radius 3 is 2.40 bits per heavy atom. The van der Waals surface area contributed by atoms with E-state index in [1.807, 2.05) is 61.5 Å². The van der Waals surface area contributed by atoms with Crippen molar-refractivity contribution in [3.05, 3.63) is 78.1 Å². The van der Waals surface area contributed by atoms with E-state index in [0.717, 1.165) is 53.8 Å². The zero-order valence-corrected chi connectivity index (χ0v) is 17.1. The first-order valence-corrected chi connectivity index (χ1v) is 10.5. The van der Waals surface area contributed by atoms with Crippen molar-refractivity contribution in [3.63, 3.8) is 0 Å². The number of hydrogen-bond acceptors (Lipinski definition) is 3. The van der Waals surface area contributed by atoms with Gasteiger partial charge in [-0.25, -0.2) is 4.79 Å². The molecule has 0 bridgehead atoms. The molecule has 0 spiro atoms. The predicted octanol–water partition coefficient (Wildman–Crippen LogP) is 5.61. The van der Waals surface area contributed by atoms with Crippen molar-refractivity contribution in [2.75, 3.05) is 5.32 Å². The Kier molecular flexibility index (Phi) is 5.98. The van der Waals surface area contributed by atoms with Crippen molar-refractivity contribution < 1.29 is 9.90 Å². The highest BCUT2D eigenvalue weighted by Gasteiger charge is 2.25. The Balaban J connectivity index is 1.28. The van der Waals surface area contributed by atoms with E-state index in [9.17, 15) is 9.90 Å². The second-order valence-electron chi connectivity index (χ2n) is 7.97. The molecule has 2 amide bonds. The molecule has 1 aliphatic rings. The van der Waals surface area contributed by atoms with Gasteiger partial charge >= 0.3 is 6.03 Å². The molecule has 0 aliphatic heterocycles. The third-order valence-electron chi connectivity index (χ3n) is 5.81. The van der Waals surface area contributed by atoms with Crippen LogP contribution in [0.15, 0.2) is 66.9 Å². The summed E-state index contributed by atoms with van der Waals surface area (Å²) in [6.45, 7) is 1.97. The van der Waals surface area contributed by atoms with E-state index in [-0.39, 0.29) is 12.1 Å². The van der Waals surface area contributed by atoms with Gasteiger partial charge in [0, 0.05) is 23.6 Å². The molecule has 1 fully saturated rings. The fourth-order valence-electron chi connectivity index (χ4n) is 4.21. The number of phenolic OH excluding ortho intramolecular Hbond substituents is 1. The van der Waals surface area contributed by atoms with Crippen LogP contribution in [0.25, 0.3) is 11.1 Å². The van der Waals surface area contributed by atoms with Gasteiger partial charge in [-0.05, 0) is 85.5 Å². The summed E-state index contributed by atoms with van der Waals surface area (Å²) in [4.78, 5) is 16.6. The number of anilines is 1. The molecule has 1 aliphatic carbocycles. The molecule has 154 valence electrons. The Morgan fingerprint density at radius 2 is 1.70 bits per heavy atom. The second-order valence-corrected chi connectivity index (χ2v) is 7.97. The Morgan fingerprint density at radius 1 is 0.967 bits per heavy atom. The highest BCUT2D eigenvalue weighted by Crippen LogP contribution is 2.36. The first-order valence-electron chi connectivity index (χ1n) is 10.5. The van der Waals surface area contributed by atoms with Gasteiger partial charge < -0.3 is 15.7 Å². The maximum Gasteiger partial charge on any atom is 0.319 e. The Labute approximate surface area is 177 Å². The lowest BCUT2D eigenvalue weighted by Gasteiger charge is -2.29. The van der Waals surface area contributed by atoms with E-state index in [1.54, 1.807) is 12.3 Å². The van der Waals surface area contributed by atoms with Crippen LogP contribution < -0.4 is 10.6 Å². The molecule has 1 saturated carbocycles. The van der Waals surface area contributed by atoms with Gasteiger partial charge in [-0.2, -0.15) is 0 Å². The highest BCUT2D eigenvalue weighted by atomic mass is 16.3. The summed E-state index contributed by atoms with van der Waals surface area (Å²) in [5.41, 5.74) is 4.97. The number of aryl methyl sites for hydroxylation is 1. The lowest BCUT2D eigenvalue weighted by atomic mass is 9.81. The Bertz CT molecular complexity index is 1010. The monoisotopic (exact) mass is 401 g/mol. The summed E-state index contributed by atoms with van der Waals surface area (Å²) in [5, 5.41) is 16.1. The van der Waals surface area contributed by atoms with E-state index in [1.165, 1.54) is 0 Å². The molecule has 0 radical (unpaired) electrons. The summed E-state index contributed by atoms with van der Waals surface area (Å²) >= 11 is 0. The molecule has 2 aromatic carbocycles. The normalized spacial score (nSPS) is 18.6. The first kappa shape index (κ1) is 20.0. The van der Waals surface area contributed by atoms with Crippen molar-refractivity contribution in [3.8, 4) is 16.9 Å². The summed E-state index contributed by atoms with van der Waals surface area (Å²) in [7, 11) is 0. The number of nitrogens with zero attached hydrogens (tertiary/aromatic N) is 1. The number of carbonyl (C=O) groups is 1. The number of aromatic nitrogens is 1. The third kappa shape index (κ3) is 4.79. The molecule has 30 heavy (non-hydrogen) atoms. The molecular formula is C25H27N3O2. The number of para-hydroxylation sites is 1. The van der Waals surface area contributed by atoms with E-state index in [0.29, 0.717) is 11.7 Å². The number of amides is 2. The molecule has 5 nitrogen and oxygen atoms in total. The number of nitrogens with one attached hydrogen (secondary N) is 2. The molecule has 0 saturated heterocycles. The minimum absolute atomic E-state index is 0.158. The molecule has 1 aromatic heterocycles.